The average Bonchev–Trinajstić information content (AvgIpc) is 2.26. The fourth-order valence-corrected chi connectivity index (χ4v) is 1.84. The van der Waals surface area contributed by atoms with Gasteiger partial charge in [0, 0.05) is 13.2 Å². The number of carbonyl (C=O) groups excluding carboxylic acids is 1. The molecule has 0 saturated carbocycles. The first-order valence-corrected chi connectivity index (χ1v) is 5.02. The van der Waals surface area contributed by atoms with Gasteiger partial charge in [-0.05, 0) is 18.8 Å². The number of carbonyl (C=O) groups is 2. The number of carboxylic acids is 1. The largest absolute Gasteiger partial charge is 0.481 e. The maximum atomic E-state index is 11.1. The van der Waals surface area contributed by atoms with Gasteiger partial charge in [-0.3, -0.25) is 9.59 Å². The summed E-state index contributed by atoms with van der Waals surface area (Å²) >= 11 is 0. The maximum Gasteiger partial charge on any atom is 0.307 e. The minimum Gasteiger partial charge on any atom is -0.481 e. The van der Waals surface area contributed by atoms with Crippen LogP contribution in [0.4, 0.5) is 0 Å². The molecule has 1 aliphatic heterocycles. The molecular weight excluding hydrogens is 200 g/mol. The van der Waals surface area contributed by atoms with Gasteiger partial charge in [-0.25, -0.2) is 0 Å². The third kappa shape index (κ3) is 3.51. The summed E-state index contributed by atoms with van der Waals surface area (Å²) in [5, 5.41) is 9.02. The number of ether oxygens (including phenoxy) is 2. The second-order valence-electron chi connectivity index (χ2n) is 3.67. The summed E-state index contributed by atoms with van der Waals surface area (Å²) in [6, 6.07) is 0. The fourth-order valence-electron chi connectivity index (χ4n) is 1.84. The van der Waals surface area contributed by atoms with Gasteiger partial charge in [0.2, 0.25) is 0 Å². The van der Waals surface area contributed by atoms with Crippen LogP contribution in [0.25, 0.3) is 0 Å². The fraction of sp³-hybridized carbons (Fsp3) is 0.800. The third-order valence-electron chi connectivity index (χ3n) is 2.77. The molecule has 0 aromatic carbocycles. The molecule has 1 fully saturated rings. The van der Waals surface area contributed by atoms with Crippen molar-refractivity contribution in [3.63, 3.8) is 0 Å². The lowest BCUT2D eigenvalue weighted by Crippen LogP contribution is -2.31. The Morgan fingerprint density at radius 1 is 1.47 bits per heavy atom. The molecule has 0 aliphatic carbocycles. The minimum atomic E-state index is -0.924. The SMILES string of the molecule is COC(=O)CC(C(=O)O)C1CCOCC1. The summed E-state index contributed by atoms with van der Waals surface area (Å²) in [6.07, 6.45) is 1.36. The van der Waals surface area contributed by atoms with E-state index in [0.717, 1.165) is 0 Å². The molecule has 15 heavy (non-hydrogen) atoms. The molecule has 5 heteroatoms. The van der Waals surface area contributed by atoms with Gasteiger partial charge >= 0.3 is 11.9 Å². The molecule has 0 aromatic rings. The van der Waals surface area contributed by atoms with E-state index in [2.05, 4.69) is 4.74 Å². The number of rotatable bonds is 4. The lowest BCUT2D eigenvalue weighted by atomic mass is 9.84. The molecule has 0 amide bonds. The van der Waals surface area contributed by atoms with Crippen LogP contribution in [0.1, 0.15) is 19.3 Å². The monoisotopic (exact) mass is 216 g/mol. The molecule has 5 nitrogen and oxygen atoms in total. The van der Waals surface area contributed by atoms with E-state index in [1.165, 1.54) is 7.11 Å². The molecule has 1 atom stereocenters. The van der Waals surface area contributed by atoms with Crippen LogP contribution in [-0.4, -0.2) is 37.4 Å². The number of carboxylic acid groups (broad SMARTS) is 1. The quantitative estimate of drug-likeness (QED) is 0.699. The number of esters is 1. The Kier molecular flexibility index (Phi) is 4.55. The van der Waals surface area contributed by atoms with E-state index in [9.17, 15) is 9.59 Å². The molecule has 0 bridgehead atoms. The average molecular weight is 216 g/mol. The van der Waals surface area contributed by atoms with Gasteiger partial charge in [0.15, 0.2) is 0 Å². The molecule has 1 rings (SSSR count). The second kappa shape index (κ2) is 5.70. The Morgan fingerprint density at radius 2 is 2.07 bits per heavy atom. The van der Waals surface area contributed by atoms with Gasteiger partial charge in [-0.2, -0.15) is 0 Å². The standard InChI is InChI=1S/C10H16O5/c1-14-9(11)6-8(10(12)13)7-2-4-15-5-3-7/h7-8H,2-6H2,1H3,(H,12,13). The van der Waals surface area contributed by atoms with Crippen molar-refractivity contribution >= 4 is 11.9 Å². The van der Waals surface area contributed by atoms with Gasteiger partial charge in [0.1, 0.15) is 0 Å². The van der Waals surface area contributed by atoms with Crippen LogP contribution in [0, 0.1) is 11.8 Å². The van der Waals surface area contributed by atoms with Crippen LogP contribution in [0.15, 0.2) is 0 Å². The zero-order valence-electron chi connectivity index (χ0n) is 8.77. The highest BCUT2D eigenvalue weighted by atomic mass is 16.5. The highest BCUT2D eigenvalue weighted by Crippen LogP contribution is 2.26. The van der Waals surface area contributed by atoms with Gasteiger partial charge in [-0.15, -0.1) is 0 Å². The summed E-state index contributed by atoms with van der Waals surface area (Å²) in [7, 11) is 1.27. The van der Waals surface area contributed by atoms with Crippen molar-refractivity contribution in [2.24, 2.45) is 11.8 Å². The molecule has 1 N–H and O–H groups in total. The molecule has 0 radical (unpaired) electrons. The van der Waals surface area contributed by atoms with Crippen LogP contribution in [-0.2, 0) is 19.1 Å². The first-order chi connectivity index (χ1) is 7.15. The van der Waals surface area contributed by atoms with Crippen molar-refractivity contribution in [1.29, 1.82) is 0 Å². The van der Waals surface area contributed by atoms with Crippen molar-refractivity contribution in [2.45, 2.75) is 19.3 Å². The van der Waals surface area contributed by atoms with Crippen LogP contribution in [0.5, 0.6) is 0 Å². The molecule has 0 spiro atoms. The third-order valence-corrected chi connectivity index (χ3v) is 2.77. The van der Waals surface area contributed by atoms with Gasteiger partial charge in [0.05, 0.1) is 19.4 Å². The van der Waals surface area contributed by atoms with Crippen molar-refractivity contribution < 1.29 is 24.2 Å². The summed E-state index contributed by atoms with van der Waals surface area (Å²) < 4.78 is 9.64. The molecule has 1 saturated heterocycles. The Hall–Kier alpha value is -1.10. The molecule has 1 aliphatic rings. The van der Waals surface area contributed by atoms with E-state index >= 15 is 0 Å². The normalized spacial score (nSPS) is 19.5. The highest BCUT2D eigenvalue weighted by Gasteiger charge is 2.31. The molecule has 0 aromatic heterocycles. The molecule has 1 heterocycles. The Morgan fingerprint density at radius 3 is 2.53 bits per heavy atom. The summed E-state index contributed by atoms with van der Waals surface area (Å²) in [5.74, 6) is -2.00. The number of aliphatic carboxylic acids is 1. The van der Waals surface area contributed by atoms with Crippen molar-refractivity contribution in [3.05, 3.63) is 0 Å². The first kappa shape index (κ1) is 12.0. The van der Waals surface area contributed by atoms with E-state index in [-0.39, 0.29) is 12.3 Å². The van der Waals surface area contributed by atoms with Crippen LogP contribution in [0.3, 0.4) is 0 Å². The van der Waals surface area contributed by atoms with Crippen molar-refractivity contribution in [2.75, 3.05) is 20.3 Å². The van der Waals surface area contributed by atoms with Crippen molar-refractivity contribution in [3.8, 4) is 0 Å². The van der Waals surface area contributed by atoms with E-state index in [1.807, 2.05) is 0 Å². The first-order valence-electron chi connectivity index (χ1n) is 5.02. The van der Waals surface area contributed by atoms with Crippen LogP contribution in [0.2, 0.25) is 0 Å². The minimum absolute atomic E-state index is 0.0235. The Labute approximate surface area is 88.4 Å². The lowest BCUT2D eigenvalue weighted by molar-refractivity contribution is -0.153. The smallest absolute Gasteiger partial charge is 0.307 e. The van der Waals surface area contributed by atoms with E-state index in [4.69, 9.17) is 9.84 Å². The molecule has 1 unspecified atom stereocenters. The number of hydrogen-bond donors (Lipinski definition) is 1. The van der Waals surface area contributed by atoms with Gasteiger partial charge in [-0.1, -0.05) is 0 Å². The number of methoxy groups -OCH3 is 1. The predicted molar refractivity (Wildman–Crippen MR) is 51.3 cm³/mol. The van der Waals surface area contributed by atoms with Crippen LogP contribution < -0.4 is 0 Å². The maximum absolute atomic E-state index is 11.1. The summed E-state index contributed by atoms with van der Waals surface area (Å²) in [6.45, 7) is 1.16. The predicted octanol–water partition coefficient (Wildman–Crippen LogP) is 0.677. The van der Waals surface area contributed by atoms with E-state index < -0.39 is 17.9 Å². The lowest BCUT2D eigenvalue weighted by Gasteiger charge is -2.26. The topological polar surface area (TPSA) is 72.8 Å². The van der Waals surface area contributed by atoms with Gasteiger partial charge < -0.3 is 14.6 Å². The van der Waals surface area contributed by atoms with Gasteiger partial charge in [0.25, 0.3) is 0 Å². The van der Waals surface area contributed by atoms with E-state index in [0.29, 0.717) is 26.1 Å². The number of hydrogen-bond acceptors (Lipinski definition) is 4. The molecule has 86 valence electrons. The zero-order valence-corrected chi connectivity index (χ0v) is 8.77. The Balaban J connectivity index is 2.55. The van der Waals surface area contributed by atoms with E-state index in [1.54, 1.807) is 0 Å². The zero-order chi connectivity index (χ0) is 11.3. The summed E-state index contributed by atoms with van der Waals surface area (Å²) in [5.41, 5.74) is 0. The summed E-state index contributed by atoms with van der Waals surface area (Å²) in [4.78, 5) is 22.1. The van der Waals surface area contributed by atoms with Crippen LogP contribution >= 0.6 is 0 Å². The second-order valence-corrected chi connectivity index (χ2v) is 3.67. The Bertz CT molecular complexity index is 232. The highest BCUT2D eigenvalue weighted by molar-refractivity contribution is 5.78. The van der Waals surface area contributed by atoms with Crippen molar-refractivity contribution in [1.82, 2.24) is 0 Å². The molecular formula is C10H16O5.